The van der Waals surface area contributed by atoms with E-state index < -0.39 is 17.6 Å². The van der Waals surface area contributed by atoms with E-state index in [1.165, 1.54) is 24.5 Å². The summed E-state index contributed by atoms with van der Waals surface area (Å²) in [4.78, 5) is 30.8. The van der Waals surface area contributed by atoms with Crippen molar-refractivity contribution < 1.29 is 49.0 Å². The predicted molar refractivity (Wildman–Crippen MR) is 108 cm³/mol. The summed E-state index contributed by atoms with van der Waals surface area (Å²) in [5.41, 5.74) is 0.862. The molecule has 1 aliphatic carbocycles. The van der Waals surface area contributed by atoms with Crippen molar-refractivity contribution in [1.29, 1.82) is 0 Å². The number of hydrogen-bond acceptors (Lipinski definition) is 7. The molecule has 9 nitrogen and oxygen atoms in total. The van der Waals surface area contributed by atoms with Crippen LogP contribution in [0, 0.1) is 38.5 Å². The Kier molecular flexibility index (Phi) is 10.1. The zero-order valence-electron chi connectivity index (χ0n) is 17.2. The number of hydrogen-bond donors (Lipinski definition) is 3. The van der Waals surface area contributed by atoms with Gasteiger partial charge in [0, 0.05) is 56.1 Å². The molecule has 1 fully saturated rings. The normalized spacial score (nSPS) is 12.4. The van der Waals surface area contributed by atoms with Crippen LogP contribution in [0.15, 0.2) is 46.4 Å². The van der Waals surface area contributed by atoms with Crippen LogP contribution in [0.25, 0.3) is 11.3 Å². The van der Waals surface area contributed by atoms with Gasteiger partial charge in [-0.05, 0) is 37.0 Å². The Hall–Kier alpha value is -2.65. The van der Waals surface area contributed by atoms with Crippen LogP contribution in [0.2, 0.25) is 0 Å². The maximum absolute atomic E-state index is 11.7. The van der Waals surface area contributed by atoms with Crippen LogP contribution in [0.5, 0.6) is 5.75 Å². The first-order valence-electron chi connectivity index (χ1n) is 8.80. The van der Waals surface area contributed by atoms with Gasteiger partial charge in [0.15, 0.2) is 5.82 Å². The number of H-pyrrole nitrogens is 2. The third-order valence-corrected chi connectivity index (χ3v) is 4.04. The summed E-state index contributed by atoms with van der Waals surface area (Å²) in [6.45, 7) is 0. The van der Waals surface area contributed by atoms with Gasteiger partial charge < -0.3 is 22.5 Å². The van der Waals surface area contributed by atoms with E-state index in [0.29, 0.717) is 17.2 Å². The summed E-state index contributed by atoms with van der Waals surface area (Å²) < 4.78 is 38.0. The van der Waals surface area contributed by atoms with Crippen molar-refractivity contribution in [2.75, 3.05) is 12.4 Å². The van der Waals surface area contributed by atoms with Crippen LogP contribution in [0.1, 0.15) is 24.3 Å². The minimum absolute atomic E-state index is 0. The predicted octanol–water partition coefficient (Wildman–Crippen LogP) is 2.87. The van der Waals surface area contributed by atoms with Gasteiger partial charge in [0.2, 0.25) is 0 Å². The van der Waals surface area contributed by atoms with Gasteiger partial charge in [-0.3, -0.25) is 14.8 Å². The van der Waals surface area contributed by atoms with E-state index in [1.807, 2.05) is 6.07 Å². The molecule has 3 heterocycles. The van der Waals surface area contributed by atoms with Gasteiger partial charge in [0.25, 0.3) is 5.56 Å². The van der Waals surface area contributed by atoms with Crippen LogP contribution < -0.4 is 21.3 Å². The first-order valence-corrected chi connectivity index (χ1v) is 8.80. The number of ether oxygens (including phenoxy) is 1. The summed E-state index contributed by atoms with van der Waals surface area (Å²) in [5.74, 6) is 0.922. The zero-order chi connectivity index (χ0) is 21.7. The van der Waals surface area contributed by atoms with Gasteiger partial charge in [0.05, 0.1) is 11.8 Å². The van der Waals surface area contributed by atoms with Crippen molar-refractivity contribution in [3.8, 4) is 17.0 Å². The van der Waals surface area contributed by atoms with Crippen molar-refractivity contribution >= 4 is 5.82 Å². The maximum Gasteiger partial charge on any atom is 0.573 e. The van der Waals surface area contributed by atoms with Crippen molar-refractivity contribution in [3.05, 3.63) is 70.6 Å². The summed E-state index contributed by atoms with van der Waals surface area (Å²) in [7, 11) is 1.79. The number of nitrogens with one attached hydrogen (secondary N) is 3. The van der Waals surface area contributed by atoms with Gasteiger partial charge in [0.1, 0.15) is 11.4 Å². The molecular formula is C19H20F3N6O3U-. The molecule has 4 rings (SSSR count). The summed E-state index contributed by atoms with van der Waals surface area (Å²) in [5, 5.41) is 11.1. The molecule has 0 unspecified atom stereocenters. The van der Waals surface area contributed by atoms with Gasteiger partial charge in [-0.25, -0.2) is 4.79 Å². The van der Waals surface area contributed by atoms with Crippen LogP contribution in [0.3, 0.4) is 0 Å². The fraction of sp³-hybridized carbons (Fsp3) is 0.263. The molecule has 0 amide bonds. The molecule has 1 aliphatic rings. The second-order valence-corrected chi connectivity index (χ2v) is 6.28. The molecule has 0 aromatic carbocycles. The second-order valence-electron chi connectivity index (χ2n) is 6.28. The summed E-state index contributed by atoms with van der Waals surface area (Å²) in [6.07, 6.45) is 1.34. The molecule has 0 atom stereocenters. The van der Waals surface area contributed by atoms with E-state index >= 15 is 0 Å². The number of anilines is 1. The number of halogens is 3. The molecule has 13 heteroatoms. The number of nitrogens with zero attached hydrogens (tertiary/aromatic N) is 3. The maximum atomic E-state index is 11.7. The number of pyridine rings is 1. The van der Waals surface area contributed by atoms with E-state index in [2.05, 4.69) is 35.2 Å². The number of aromatic amines is 2. The zero-order valence-corrected chi connectivity index (χ0v) is 21.3. The van der Waals surface area contributed by atoms with Gasteiger partial charge in [-0.15, -0.1) is 23.4 Å². The van der Waals surface area contributed by atoms with Gasteiger partial charge in [-0.1, -0.05) is 0 Å². The van der Waals surface area contributed by atoms with Gasteiger partial charge in [-0.2, -0.15) is 0 Å². The van der Waals surface area contributed by atoms with E-state index in [1.54, 1.807) is 7.05 Å². The Labute approximate surface area is 204 Å². The van der Waals surface area contributed by atoms with Crippen molar-refractivity contribution in [1.82, 2.24) is 25.1 Å². The molecule has 0 bridgehead atoms. The van der Waals surface area contributed by atoms with Crippen molar-refractivity contribution in [3.63, 3.8) is 0 Å². The molecule has 0 radical (unpaired) electrons. The summed E-state index contributed by atoms with van der Waals surface area (Å²) in [6, 6.07) is 4.40. The third kappa shape index (κ3) is 7.80. The van der Waals surface area contributed by atoms with Gasteiger partial charge >= 0.3 is 12.1 Å². The Morgan fingerprint density at radius 1 is 1.22 bits per heavy atom. The molecule has 0 spiro atoms. The molecule has 3 aromatic heterocycles. The number of aromatic nitrogens is 5. The average Bonchev–Trinajstić information content (AvgIpc) is 3.53. The van der Waals surface area contributed by atoms with E-state index in [0.717, 1.165) is 30.4 Å². The quantitative estimate of drug-likeness (QED) is 0.364. The molecule has 170 valence electrons. The first kappa shape index (κ1) is 27.4. The molecule has 3 aromatic rings. The molecule has 3 N–H and O–H groups in total. The molecule has 0 saturated heterocycles. The van der Waals surface area contributed by atoms with Crippen molar-refractivity contribution in [2.45, 2.75) is 25.1 Å². The number of rotatable bonds is 4. The first-order chi connectivity index (χ1) is 14.3. The fourth-order valence-electron chi connectivity index (χ4n) is 2.58. The van der Waals surface area contributed by atoms with E-state index in [9.17, 15) is 22.8 Å². The fourth-order valence-corrected chi connectivity index (χ4v) is 2.58. The van der Waals surface area contributed by atoms with Crippen LogP contribution in [-0.4, -0.2) is 38.6 Å². The Morgan fingerprint density at radius 2 is 1.94 bits per heavy atom. The topological polar surface area (TPSA) is 126 Å². The SMILES string of the molecule is CNc1nnc(-c2c[nH]c(=O)[nH]c2=O)cc1C1CC1.FC(F)(F)Oc1cccnc1.[CH3-].[U]. The standard InChI is InChI=1S/C12H13N5O2.C6H4F3NO.CH3.U/c1-13-10-7(6-2-3-6)4-9(16-17-10)8-5-14-12(19)15-11(8)18;7-6(8,9)11-5-2-1-3-10-4-5;;/h4-6H,2-3H2,1H3,(H,13,17)(H2,14,15,18,19);1-4H;1H3;/q;;-1;. The molecule has 1 saturated carbocycles. The Balaban J connectivity index is 0.000000342. The minimum atomic E-state index is -4.64. The Bertz CT molecular complexity index is 1120. The minimum Gasteiger partial charge on any atom is -0.404 e. The van der Waals surface area contributed by atoms with E-state index in [-0.39, 0.29) is 44.3 Å². The monoisotopic (exact) mass is 675 g/mol. The smallest absolute Gasteiger partial charge is 0.404 e. The van der Waals surface area contributed by atoms with Crippen molar-refractivity contribution in [2.24, 2.45) is 0 Å². The van der Waals surface area contributed by atoms with Crippen LogP contribution in [-0.2, 0) is 0 Å². The summed E-state index contributed by atoms with van der Waals surface area (Å²) >= 11 is 0. The second kappa shape index (κ2) is 11.8. The van der Waals surface area contributed by atoms with E-state index in [4.69, 9.17) is 0 Å². The Morgan fingerprint density at radius 3 is 2.47 bits per heavy atom. The molecule has 0 aliphatic heterocycles. The molecule has 32 heavy (non-hydrogen) atoms. The number of alkyl halides is 3. The van der Waals surface area contributed by atoms with Crippen LogP contribution in [0.4, 0.5) is 19.0 Å². The molecular weight excluding hydrogens is 655 g/mol. The largest absolute Gasteiger partial charge is 0.573 e. The average molecular weight is 675 g/mol. The third-order valence-electron chi connectivity index (χ3n) is 4.04. The van der Waals surface area contributed by atoms with Crippen LogP contribution >= 0.6 is 0 Å².